The van der Waals surface area contributed by atoms with Crippen molar-refractivity contribution in [3.05, 3.63) is 59.4 Å². The Kier molecular flexibility index (Phi) is 6.56. The van der Waals surface area contributed by atoms with Gasteiger partial charge in [-0.15, -0.1) is 0 Å². The number of aromatic nitrogens is 1. The first-order valence-corrected chi connectivity index (χ1v) is 8.04. The van der Waals surface area contributed by atoms with Crippen LogP contribution in [0.4, 0.5) is 26.3 Å². The molecule has 1 amide bonds. The summed E-state index contributed by atoms with van der Waals surface area (Å²) in [5, 5.41) is 0. The topological polar surface area (TPSA) is 110 Å². The summed E-state index contributed by atoms with van der Waals surface area (Å²) in [6, 6.07) is 3.34. The lowest BCUT2D eigenvalue weighted by Gasteiger charge is -2.14. The summed E-state index contributed by atoms with van der Waals surface area (Å²) in [4.78, 5) is 14.0. The van der Waals surface area contributed by atoms with Gasteiger partial charge in [-0.25, -0.2) is 0 Å². The van der Waals surface area contributed by atoms with Crippen LogP contribution in [0.3, 0.4) is 0 Å². The SMILES string of the molecule is NC(=O)c1ccc(C(F)(F)F)cc1C(F)(F)F.O=S(=O)(O)c1cccnc1. The van der Waals surface area contributed by atoms with Crippen LogP contribution in [0.25, 0.3) is 0 Å². The summed E-state index contributed by atoms with van der Waals surface area (Å²) in [6.45, 7) is 0. The number of benzene rings is 1. The van der Waals surface area contributed by atoms with Gasteiger partial charge in [0.1, 0.15) is 4.90 Å². The van der Waals surface area contributed by atoms with Crippen molar-refractivity contribution in [3.8, 4) is 0 Å². The molecule has 0 fully saturated rings. The first-order chi connectivity index (χ1) is 12.1. The van der Waals surface area contributed by atoms with Gasteiger partial charge in [-0.2, -0.15) is 34.8 Å². The third-order valence-electron chi connectivity index (χ3n) is 2.85. The molecule has 0 atom stereocenters. The summed E-state index contributed by atoms with van der Waals surface area (Å²) in [5.74, 6) is -1.44. The molecule has 0 radical (unpaired) electrons. The van der Waals surface area contributed by atoms with Gasteiger partial charge in [0, 0.05) is 12.4 Å². The van der Waals surface area contributed by atoms with Crippen molar-refractivity contribution in [2.24, 2.45) is 5.73 Å². The summed E-state index contributed by atoms with van der Waals surface area (Å²) in [5.41, 5.74) is 0.470. The third kappa shape index (κ3) is 6.53. The number of hydrogen-bond acceptors (Lipinski definition) is 4. The molecule has 1 aromatic carbocycles. The Morgan fingerprint density at radius 3 is 1.96 bits per heavy atom. The Morgan fingerprint density at radius 1 is 1.04 bits per heavy atom. The maximum atomic E-state index is 12.4. The number of primary amides is 1. The lowest BCUT2D eigenvalue weighted by molar-refractivity contribution is -0.143. The van der Waals surface area contributed by atoms with Crippen molar-refractivity contribution in [2.75, 3.05) is 0 Å². The van der Waals surface area contributed by atoms with E-state index in [4.69, 9.17) is 4.55 Å². The van der Waals surface area contributed by atoms with Crippen molar-refractivity contribution in [1.82, 2.24) is 4.98 Å². The molecule has 1 aromatic heterocycles. The third-order valence-corrected chi connectivity index (χ3v) is 3.69. The van der Waals surface area contributed by atoms with Crippen molar-refractivity contribution < 1.29 is 44.1 Å². The molecule has 6 nitrogen and oxygen atoms in total. The minimum Gasteiger partial charge on any atom is -0.366 e. The monoisotopic (exact) mass is 416 g/mol. The standard InChI is InChI=1S/C9H5F6NO.C5H5NO3S/c10-8(11,12)4-1-2-5(7(16)17)6(3-4)9(13,14)15;7-10(8,9)5-2-1-3-6-4-5/h1-3H,(H2,16,17);1-4H,(H,7,8,9). The van der Waals surface area contributed by atoms with Crippen molar-refractivity contribution in [1.29, 1.82) is 0 Å². The number of carbonyl (C=O) groups excluding carboxylic acids is 1. The zero-order valence-corrected chi connectivity index (χ0v) is 13.7. The molecule has 1 heterocycles. The van der Waals surface area contributed by atoms with E-state index in [-0.39, 0.29) is 11.0 Å². The minimum atomic E-state index is -5.08. The van der Waals surface area contributed by atoms with Crippen LogP contribution >= 0.6 is 0 Å². The molecule has 0 aliphatic carbocycles. The van der Waals surface area contributed by atoms with E-state index in [1.165, 1.54) is 18.3 Å². The summed E-state index contributed by atoms with van der Waals surface area (Å²) >= 11 is 0. The Labute approximate surface area is 148 Å². The number of hydrogen-bond donors (Lipinski definition) is 2. The fourth-order valence-electron chi connectivity index (χ4n) is 1.67. The summed E-state index contributed by atoms with van der Waals surface area (Å²) in [6.07, 6.45) is -7.49. The lowest BCUT2D eigenvalue weighted by Crippen LogP contribution is -2.20. The Bertz CT molecular complexity index is 911. The molecular formula is C14H10F6N2O4S. The number of pyridine rings is 1. The Balaban J connectivity index is 0.000000309. The normalized spacial score (nSPS) is 12.1. The van der Waals surface area contributed by atoms with Crippen LogP contribution in [-0.2, 0) is 22.5 Å². The first-order valence-electron chi connectivity index (χ1n) is 6.60. The fourth-order valence-corrected chi connectivity index (χ4v) is 2.11. The van der Waals surface area contributed by atoms with Crippen LogP contribution in [0.1, 0.15) is 21.5 Å². The van der Waals surface area contributed by atoms with Gasteiger partial charge in [0.05, 0.1) is 16.7 Å². The number of amides is 1. The molecule has 0 saturated carbocycles. The number of rotatable bonds is 2. The number of carbonyl (C=O) groups is 1. The molecule has 27 heavy (non-hydrogen) atoms. The molecule has 0 bridgehead atoms. The Hall–Kier alpha value is -2.67. The van der Waals surface area contributed by atoms with Crippen molar-refractivity contribution in [2.45, 2.75) is 17.2 Å². The molecular weight excluding hydrogens is 406 g/mol. The van der Waals surface area contributed by atoms with Crippen LogP contribution in [-0.4, -0.2) is 23.9 Å². The maximum absolute atomic E-state index is 12.4. The highest BCUT2D eigenvalue weighted by Crippen LogP contribution is 2.37. The van der Waals surface area contributed by atoms with E-state index in [1.54, 1.807) is 0 Å². The maximum Gasteiger partial charge on any atom is 0.417 e. The number of alkyl halides is 6. The van der Waals surface area contributed by atoms with E-state index >= 15 is 0 Å². The van der Waals surface area contributed by atoms with E-state index in [0.29, 0.717) is 12.1 Å². The van der Waals surface area contributed by atoms with E-state index in [9.17, 15) is 39.6 Å². The van der Waals surface area contributed by atoms with E-state index < -0.39 is 45.1 Å². The molecule has 13 heteroatoms. The van der Waals surface area contributed by atoms with Gasteiger partial charge in [-0.1, -0.05) is 0 Å². The van der Waals surface area contributed by atoms with Gasteiger partial charge >= 0.3 is 12.4 Å². The number of nitrogens with zero attached hydrogens (tertiary/aromatic N) is 1. The minimum absolute atomic E-state index is 0.139. The van der Waals surface area contributed by atoms with E-state index in [0.717, 1.165) is 6.20 Å². The van der Waals surface area contributed by atoms with Gasteiger partial charge in [-0.05, 0) is 30.3 Å². The number of nitrogens with two attached hydrogens (primary N) is 1. The highest BCUT2D eigenvalue weighted by Gasteiger charge is 2.39. The fraction of sp³-hybridized carbons (Fsp3) is 0.143. The van der Waals surface area contributed by atoms with E-state index in [1.807, 2.05) is 0 Å². The van der Waals surface area contributed by atoms with Crippen LogP contribution in [0.2, 0.25) is 0 Å². The van der Waals surface area contributed by atoms with Gasteiger partial charge in [0.15, 0.2) is 0 Å². The van der Waals surface area contributed by atoms with Gasteiger partial charge in [0.2, 0.25) is 5.91 Å². The second-order valence-electron chi connectivity index (χ2n) is 4.78. The molecule has 0 saturated heterocycles. The summed E-state index contributed by atoms with van der Waals surface area (Å²) < 4.78 is 103. The summed E-state index contributed by atoms with van der Waals surface area (Å²) in [7, 11) is -4.07. The van der Waals surface area contributed by atoms with Crippen molar-refractivity contribution in [3.63, 3.8) is 0 Å². The largest absolute Gasteiger partial charge is 0.417 e. The zero-order valence-electron chi connectivity index (χ0n) is 12.9. The molecule has 3 N–H and O–H groups in total. The quantitative estimate of drug-likeness (QED) is 0.577. The smallest absolute Gasteiger partial charge is 0.366 e. The van der Waals surface area contributed by atoms with Crippen LogP contribution < -0.4 is 5.73 Å². The second-order valence-corrected chi connectivity index (χ2v) is 6.21. The molecule has 148 valence electrons. The molecule has 0 unspecified atom stereocenters. The molecule has 0 aliphatic rings. The van der Waals surface area contributed by atoms with Gasteiger partial charge < -0.3 is 5.73 Å². The zero-order chi connectivity index (χ0) is 21.0. The second kappa shape index (κ2) is 7.92. The lowest BCUT2D eigenvalue weighted by atomic mass is 10.0. The first kappa shape index (κ1) is 22.4. The molecule has 2 aromatic rings. The predicted octanol–water partition coefficient (Wildman–Crippen LogP) is 3.15. The van der Waals surface area contributed by atoms with Crippen molar-refractivity contribution >= 4 is 16.0 Å². The Morgan fingerprint density at radius 2 is 1.63 bits per heavy atom. The van der Waals surface area contributed by atoms with Gasteiger partial charge in [-0.3, -0.25) is 14.3 Å². The van der Waals surface area contributed by atoms with E-state index in [2.05, 4.69) is 10.7 Å². The predicted molar refractivity (Wildman–Crippen MR) is 79.0 cm³/mol. The molecule has 2 rings (SSSR count). The van der Waals surface area contributed by atoms with Crippen LogP contribution in [0, 0.1) is 0 Å². The van der Waals surface area contributed by atoms with Gasteiger partial charge in [0.25, 0.3) is 10.1 Å². The number of halogens is 6. The highest BCUT2D eigenvalue weighted by molar-refractivity contribution is 7.85. The average molecular weight is 416 g/mol. The molecule has 0 aliphatic heterocycles. The average Bonchev–Trinajstić information content (AvgIpc) is 2.53. The molecule has 0 spiro atoms. The van der Waals surface area contributed by atoms with Crippen LogP contribution in [0.5, 0.6) is 0 Å². The highest BCUT2D eigenvalue weighted by atomic mass is 32.2. The van der Waals surface area contributed by atoms with Crippen LogP contribution in [0.15, 0.2) is 47.6 Å².